The molecule has 6 heteroatoms. The van der Waals surface area contributed by atoms with Crippen molar-refractivity contribution in [1.82, 2.24) is 15.2 Å². The van der Waals surface area contributed by atoms with E-state index >= 15 is 0 Å². The molecule has 1 saturated heterocycles. The van der Waals surface area contributed by atoms with Crippen LogP contribution < -0.4 is 10.2 Å². The Hall–Kier alpha value is -2.89. The molecule has 6 nitrogen and oxygen atoms in total. The molecule has 2 aliphatic rings. The fraction of sp³-hybridized carbons (Fsp3) is 0.316. The number of amides is 3. The summed E-state index contributed by atoms with van der Waals surface area (Å²) in [6.45, 7) is 1.31. The zero-order valence-electron chi connectivity index (χ0n) is 13.9. The molecule has 1 aromatic heterocycles. The molecular formula is C19H20N4O2. The van der Waals surface area contributed by atoms with Gasteiger partial charge in [-0.05, 0) is 24.1 Å². The third-order valence-electron chi connectivity index (χ3n) is 4.83. The topological polar surface area (TPSA) is 65.5 Å². The highest BCUT2D eigenvalue weighted by Gasteiger charge is 2.31. The number of hydrogen-bond acceptors (Lipinski definition) is 3. The summed E-state index contributed by atoms with van der Waals surface area (Å²) < 4.78 is 0. The largest absolute Gasteiger partial charge is 0.331 e. The van der Waals surface area contributed by atoms with Crippen LogP contribution in [0.3, 0.4) is 0 Å². The van der Waals surface area contributed by atoms with Gasteiger partial charge in [0.05, 0.1) is 17.4 Å². The van der Waals surface area contributed by atoms with Gasteiger partial charge in [-0.1, -0.05) is 30.3 Å². The van der Waals surface area contributed by atoms with Crippen LogP contribution in [0.15, 0.2) is 48.7 Å². The first-order valence-electron chi connectivity index (χ1n) is 8.57. The van der Waals surface area contributed by atoms with E-state index in [1.807, 2.05) is 42.5 Å². The van der Waals surface area contributed by atoms with E-state index in [1.54, 1.807) is 16.0 Å². The van der Waals surface area contributed by atoms with Crippen LogP contribution in [0.25, 0.3) is 0 Å². The molecule has 128 valence electrons. The maximum Gasteiger partial charge on any atom is 0.318 e. The van der Waals surface area contributed by atoms with Crippen LogP contribution in [-0.2, 0) is 11.2 Å². The van der Waals surface area contributed by atoms with Gasteiger partial charge in [-0.15, -0.1) is 0 Å². The van der Waals surface area contributed by atoms with Gasteiger partial charge in [0.1, 0.15) is 6.54 Å². The van der Waals surface area contributed by atoms with E-state index < -0.39 is 0 Å². The number of nitrogens with one attached hydrogen (secondary N) is 1. The van der Waals surface area contributed by atoms with E-state index in [0.29, 0.717) is 13.1 Å². The minimum absolute atomic E-state index is 0.0109. The molecule has 0 radical (unpaired) electrons. The standard InChI is InChI=1S/C19H20N4O2/c24-18(23-12-9-16-17(23)7-4-10-20-16)13-22-11-8-15(21-19(22)25)14-5-2-1-3-6-14/h1-7,10,15H,8-9,11-13H2,(H,21,25). The molecular weight excluding hydrogens is 316 g/mol. The van der Waals surface area contributed by atoms with E-state index in [-0.39, 0.29) is 24.5 Å². The summed E-state index contributed by atoms with van der Waals surface area (Å²) in [5.74, 6) is -0.0555. The number of aromatic nitrogens is 1. The highest BCUT2D eigenvalue weighted by atomic mass is 16.2. The van der Waals surface area contributed by atoms with Crippen molar-refractivity contribution < 1.29 is 9.59 Å². The monoisotopic (exact) mass is 336 g/mol. The van der Waals surface area contributed by atoms with Gasteiger partial charge in [0.2, 0.25) is 5.91 Å². The van der Waals surface area contributed by atoms with Crippen molar-refractivity contribution in [2.45, 2.75) is 18.9 Å². The van der Waals surface area contributed by atoms with Crippen LogP contribution in [-0.4, -0.2) is 41.5 Å². The Balaban J connectivity index is 1.39. The fourth-order valence-electron chi connectivity index (χ4n) is 3.50. The Morgan fingerprint density at radius 2 is 2.00 bits per heavy atom. The smallest absolute Gasteiger partial charge is 0.318 e. The molecule has 0 aliphatic carbocycles. The summed E-state index contributed by atoms with van der Waals surface area (Å²) in [5.41, 5.74) is 2.91. The van der Waals surface area contributed by atoms with Crippen LogP contribution in [0.2, 0.25) is 0 Å². The third-order valence-corrected chi connectivity index (χ3v) is 4.83. The molecule has 0 saturated carbocycles. The van der Waals surface area contributed by atoms with Gasteiger partial charge in [0, 0.05) is 25.7 Å². The van der Waals surface area contributed by atoms with Crippen molar-refractivity contribution in [2.24, 2.45) is 0 Å². The maximum absolute atomic E-state index is 12.6. The van der Waals surface area contributed by atoms with Gasteiger partial charge >= 0.3 is 6.03 Å². The number of benzene rings is 1. The van der Waals surface area contributed by atoms with Crippen LogP contribution in [0, 0.1) is 0 Å². The van der Waals surface area contributed by atoms with Crippen molar-refractivity contribution >= 4 is 17.6 Å². The molecule has 1 unspecified atom stereocenters. The lowest BCUT2D eigenvalue weighted by Gasteiger charge is -2.33. The first kappa shape index (κ1) is 15.6. The number of fused-ring (bicyclic) bond motifs is 1. The SMILES string of the molecule is O=C1NC(c2ccccc2)CCN1CC(=O)N1CCc2ncccc21. The second kappa shape index (κ2) is 6.55. The Morgan fingerprint density at radius 3 is 2.80 bits per heavy atom. The fourth-order valence-corrected chi connectivity index (χ4v) is 3.50. The van der Waals surface area contributed by atoms with Crippen molar-refractivity contribution in [2.75, 3.05) is 24.5 Å². The van der Waals surface area contributed by atoms with Crippen molar-refractivity contribution in [3.05, 3.63) is 59.9 Å². The molecule has 25 heavy (non-hydrogen) atoms. The molecule has 1 N–H and O–H groups in total. The second-order valence-electron chi connectivity index (χ2n) is 6.39. The maximum atomic E-state index is 12.6. The number of anilines is 1. The van der Waals surface area contributed by atoms with Crippen LogP contribution in [0.4, 0.5) is 10.5 Å². The number of carbonyl (C=O) groups excluding carboxylic acids is 2. The summed E-state index contributed by atoms with van der Waals surface area (Å²) in [6.07, 6.45) is 3.31. The van der Waals surface area contributed by atoms with E-state index in [4.69, 9.17) is 0 Å². The number of rotatable bonds is 3. The van der Waals surface area contributed by atoms with Crippen LogP contribution in [0.1, 0.15) is 23.7 Å². The number of hydrogen-bond donors (Lipinski definition) is 1. The molecule has 3 amide bonds. The van der Waals surface area contributed by atoms with Gasteiger partial charge in [0.15, 0.2) is 0 Å². The van der Waals surface area contributed by atoms with Crippen molar-refractivity contribution in [1.29, 1.82) is 0 Å². The number of urea groups is 1. The van der Waals surface area contributed by atoms with E-state index in [2.05, 4.69) is 10.3 Å². The van der Waals surface area contributed by atoms with E-state index in [0.717, 1.165) is 29.8 Å². The zero-order valence-corrected chi connectivity index (χ0v) is 13.9. The molecule has 1 fully saturated rings. The second-order valence-corrected chi connectivity index (χ2v) is 6.39. The lowest BCUT2D eigenvalue weighted by Crippen LogP contribution is -2.51. The molecule has 3 heterocycles. The highest BCUT2D eigenvalue weighted by molar-refractivity contribution is 5.98. The van der Waals surface area contributed by atoms with Gasteiger partial charge in [-0.25, -0.2) is 4.79 Å². The summed E-state index contributed by atoms with van der Waals surface area (Å²) in [6, 6.07) is 13.5. The quantitative estimate of drug-likeness (QED) is 0.934. The van der Waals surface area contributed by atoms with E-state index in [1.165, 1.54) is 0 Å². The molecule has 0 spiro atoms. The van der Waals surface area contributed by atoms with E-state index in [9.17, 15) is 9.59 Å². The molecule has 4 rings (SSSR count). The summed E-state index contributed by atoms with van der Waals surface area (Å²) in [4.78, 5) is 32.7. The number of pyridine rings is 1. The molecule has 1 aromatic carbocycles. The van der Waals surface area contributed by atoms with Crippen LogP contribution >= 0.6 is 0 Å². The van der Waals surface area contributed by atoms with Gasteiger partial charge in [-0.3, -0.25) is 9.78 Å². The van der Waals surface area contributed by atoms with Gasteiger partial charge < -0.3 is 15.1 Å². The predicted octanol–water partition coefficient (Wildman–Crippen LogP) is 2.13. The lowest BCUT2D eigenvalue weighted by molar-refractivity contribution is -0.119. The molecule has 0 bridgehead atoms. The molecule has 2 aromatic rings. The molecule has 1 atom stereocenters. The Morgan fingerprint density at radius 1 is 1.16 bits per heavy atom. The Kier molecular flexibility index (Phi) is 4.09. The first-order chi connectivity index (χ1) is 12.2. The van der Waals surface area contributed by atoms with Crippen molar-refractivity contribution in [3.8, 4) is 0 Å². The van der Waals surface area contributed by atoms with Gasteiger partial charge in [0.25, 0.3) is 0 Å². The average molecular weight is 336 g/mol. The Bertz CT molecular complexity index is 793. The zero-order chi connectivity index (χ0) is 17.2. The molecule has 2 aliphatic heterocycles. The predicted molar refractivity (Wildman–Crippen MR) is 94.2 cm³/mol. The number of carbonyl (C=O) groups is 2. The summed E-state index contributed by atoms with van der Waals surface area (Å²) in [7, 11) is 0. The summed E-state index contributed by atoms with van der Waals surface area (Å²) in [5, 5.41) is 3.00. The third kappa shape index (κ3) is 3.07. The van der Waals surface area contributed by atoms with Crippen LogP contribution in [0.5, 0.6) is 0 Å². The first-order valence-corrected chi connectivity index (χ1v) is 8.57. The normalized spacial score (nSPS) is 19.5. The highest BCUT2D eigenvalue weighted by Crippen LogP contribution is 2.26. The average Bonchev–Trinajstić information content (AvgIpc) is 3.08. The van der Waals surface area contributed by atoms with Crippen molar-refractivity contribution in [3.63, 3.8) is 0 Å². The number of nitrogens with zero attached hydrogens (tertiary/aromatic N) is 3. The Labute approximate surface area is 146 Å². The minimum Gasteiger partial charge on any atom is -0.331 e. The minimum atomic E-state index is -0.181. The van der Waals surface area contributed by atoms with Gasteiger partial charge in [-0.2, -0.15) is 0 Å². The summed E-state index contributed by atoms with van der Waals surface area (Å²) >= 11 is 0. The lowest BCUT2D eigenvalue weighted by atomic mass is 10.0.